The first-order chi connectivity index (χ1) is 8.49. The van der Waals surface area contributed by atoms with Crippen LogP contribution in [0.15, 0.2) is 18.2 Å². The molecule has 100 valence electrons. The van der Waals surface area contributed by atoms with Gasteiger partial charge >= 0.3 is 5.97 Å². The number of carboxylic acids is 1. The maximum Gasteiger partial charge on any atom is 0.337 e. The van der Waals surface area contributed by atoms with Gasteiger partial charge in [-0.25, -0.2) is 9.18 Å². The van der Waals surface area contributed by atoms with Crippen LogP contribution in [0.5, 0.6) is 0 Å². The summed E-state index contributed by atoms with van der Waals surface area (Å²) in [5.74, 6) is -1.14. The van der Waals surface area contributed by atoms with E-state index in [1.54, 1.807) is 6.07 Å². The minimum absolute atomic E-state index is 0.0279. The Hall–Kier alpha value is -1.58. The van der Waals surface area contributed by atoms with Gasteiger partial charge in [0.15, 0.2) is 0 Å². The van der Waals surface area contributed by atoms with E-state index in [0.717, 1.165) is 19.0 Å². The first-order valence-electron chi connectivity index (χ1n) is 6.27. The number of carbonyl (C=O) groups is 1. The summed E-state index contributed by atoms with van der Waals surface area (Å²) in [4.78, 5) is 13.1. The fraction of sp³-hybridized carbons (Fsp3) is 0.500. The minimum Gasteiger partial charge on any atom is -0.478 e. The van der Waals surface area contributed by atoms with Crippen molar-refractivity contribution in [2.24, 2.45) is 5.92 Å². The van der Waals surface area contributed by atoms with Gasteiger partial charge in [0.05, 0.1) is 11.3 Å². The number of hydrogen-bond acceptors (Lipinski definition) is 2. The van der Waals surface area contributed by atoms with Gasteiger partial charge in [0.25, 0.3) is 0 Å². The molecule has 4 heteroatoms. The van der Waals surface area contributed by atoms with Crippen molar-refractivity contribution in [3.8, 4) is 0 Å². The van der Waals surface area contributed by atoms with Gasteiger partial charge in [-0.2, -0.15) is 0 Å². The van der Waals surface area contributed by atoms with Crippen LogP contribution < -0.4 is 4.90 Å². The summed E-state index contributed by atoms with van der Waals surface area (Å²) in [5.41, 5.74) is 0.617. The van der Waals surface area contributed by atoms with E-state index in [1.165, 1.54) is 6.07 Å². The van der Waals surface area contributed by atoms with E-state index in [2.05, 4.69) is 13.8 Å². The topological polar surface area (TPSA) is 40.5 Å². The Labute approximate surface area is 107 Å². The Morgan fingerprint density at radius 3 is 2.61 bits per heavy atom. The molecule has 1 rings (SSSR count). The fourth-order valence-corrected chi connectivity index (χ4v) is 1.86. The van der Waals surface area contributed by atoms with Crippen molar-refractivity contribution in [3.63, 3.8) is 0 Å². The normalized spacial score (nSPS) is 12.2. The summed E-state index contributed by atoms with van der Waals surface area (Å²) in [7, 11) is 0. The highest BCUT2D eigenvalue weighted by Crippen LogP contribution is 2.23. The van der Waals surface area contributed by atoms with Gasteiger partial charge in [-0.05, 0) is 31.0 Å². The van der Waals surface area contributed by atoms with Crippen molar-refractivity contribution in [2.75, 3.05) is 18.0 Å². The van der Waals surface area contributed by atoms with E-state index < -0.39 is 11.8 Å². The molecule has 1 unspecified atom stereocenters. The highest BCUT2D eigenvalue weighted by Gasteiger charge is 2.17. The van der Waals surface area contributed by atoms with Crippen molar-refractivity contribution in [3.05, 3.63) is 29.6 Å². The molecule has 0 heterocycles. The molecule has 0 amide bonds. The average molecular weight is 253 g/mol. The van der Waals surface area contributed by atoms with Gasteiger partial charge in [-0.3, -0.25) is 0 Å². The molecule has 18 heavy (non-hydrogen) atoms. The number of halogens is 1. The predicted molar refractivity (Wildman–Crippen MR) is 70.7 cm³/mol. The van der Waals surface area contributed by atoms with E-state index in [4.69, 9.17) is 5.11 Å². The van der Waals surface area contributed by atoms with Crippen molar-refractivity contribution < 1.29 is 14.3 Å². The van der Waals surface area contributed by atoms with E-state index in [1.807, 2.05) is 11.8 Å². The number of rotatable bonds is 6. The first-order valence-corrected chi connectivity index (χ1v) is 6.27. The molecule has 0 bridgehead atoms. The lowest BCUT2D eigenvalue weighted by Gasteiger charge is -2.27. The Morgan fingerprint density at radius 1 is 1.44 bits per heavy atom. The van der Waals surface area contributed by atoms with Crippen LogP contribution >= 0.6 is 0 Å². The van der Waals surface area contributed by atoms with Gasteiger partial charge in [0.2, 0.25) is 0 Å². The van der Waals surface area contributed by atoms with Crippen LogP contribution in [0.4, 0.5) is 10.1 Å². The molecule has 1 aromatic carbocycles. The maximum absolute atomic E-state index is 13.1. The number of aromatic carboxylic acids is 1. The summed E-state index contributed by atoms with van der Waals surface area (Å²) in [5, 5.41) is 9.13. The van der Waals surface area contributed by atoms with Crippen LogP contribution in [0, 0.1) is 11.7 Å². The van der Waals surface area contributed by atoms with E-state index in [-0.39, 0.29) is 5.56 Å². The smallest absolute Gasteiger partial charge is 0.337 e. The minimum atomic E-state index is -1.09. The third-order valence-electron chi connectivity index (χ3n) is 3.14. The lowest BCUT2D eigenvalue weighted by molar-refractivity contribution is 0.0697. The molecule has 0 aromatic heterocycles. The predicted octanol–water partition coefficient (Wildman–Crippen LogP) is 3.40. The number of nitrogens with zero attached hydrogens (tertiary/aromatic N) is 1. The summed E-state index contributed by atoms with van der Waals surface area (Å²) in [6.45, 7) is 7.67. The zero-order valence-corrected chi connectivity index (χ0v) is 11.1. The van der Waals surface area contributed by atoms with Crippen LogP contribution in [-0.2, 0) is 0 Å². The molecule has 3 nitrogen and oxygen atoms in total. The zero-order valence-electron chi connectivity index (χ0n) is 11.1. The van der Waals surface area contributed by atoms with Crippen LogP contribution in [0.3, 0.4) is 0 Å². The summed E-state index contributed by atoms with van der Waals surface area (Å²) in [6.07, 6.45) is 1.03. The fourth-order valence-electron chi connectivity index (χ4n) is 1.86. The number of benzene rings is 1. The second-order valence-corrected chi connectivity index (χ2v) is 4.52. The van der Waals surface area contributed by atoms with Crippen LogP contribution in [0.2, 0.25) is 0 Å². The molecule has 0 aliphatic rings. The Kier molecular flexibility index (Phi) is 5.13. The standard InChI is InChI=1S/C14H20FNO2/c1-4-10(3)9-16(5-2)13-7-6-11(15)8-12(13)14(17)18/h6-8,10H,4-5,9H2,1-3H3,(H,17,18). The van der Waals surface area contributed by atoms with Crippen molar-refractivity contribution in [2.45, 2.75) is 27.2 Å². The maximum atomic E-state index is 13.1. The average Bonchev–Trinajstić information content (AvgIpc) is 2.35. The molecule has 0 aliphatic carbocycles. The van der Waals surface area contributed by atoms with Gasteiger partial charge in [0, 0.05) is 13.1 Å². The molecule has 1 N–H and O–H groups in total. The molecule has 1 aromatic rings. The molecule has 0 spiro atoms. The Bertz CT molecular complexity index is 420. The van der Waals surface area contributed by atoms with Gasteiger partial charge in [-0.1, -0.05) is 20.3 Å². The largest absolute Gasteiger partial charge is 0.478 e. The van der Waals surface area contributed by atoms with E-state index >= 15 is 0 Å². The summed E-state index contributed by atoms with van der Waals surface area (Å²) < 4.78 is 13.1. The molecular weight excluding hydrogens is 233 g/mol. The van der Waals surface area contributed by atoms with Gasteiger partial charge in [0.1, 0.15) is 5.82 Å². The van der Waals surface area contributed by atoms with E-state index in [9.17, 15) is 9.18 Å². The molecule has 0 fully saturated rings. The van der Waals surface area contributed by atoms with Crippen molar-refractivity contribution in [1.29, 1.82) is 0 Å². The highest BCUT2D eigenvalue weighted by atomic mass is 19.1. The van der Waals surface area contributed by atoms with Gasteiger partial charge in [-0.15, -0.1) is 0 Å². The third kappa shape index (κ3) is 3.45. The lowest BCUT2D eigenvalue weighted by Crippen LogP contribution is -2.29. The molecule has 0 aliphatic heterocycles. The van der Waals surface area contributed by atoms with Gasteiger partial charge < -0.3 is 10.0 Å². The van der Waals surface area contributed by atoms with Crippen LogP contribution in [0.1, 0.15) is 37.6 Å². The van der Waals surface area contributed by atoms with Crippen molar-refractivity contribution in [1.82, 2.24) is 0 Å². The third-order valence-corrected chi connectivity index (χ3v) is 3.14. The lowest BCUT2D eigenvalue weighted by atomic mass is 10.1. The molecule has 0 radical (unpaired) electrons. The molecule has 0 saturated carbocycles. The SMILES string of the molecule is CCC(C)CN(CC)c1ccc(F)cc1C(=O)O. The monoisotopic (exact) mass is 253 g/mol. The van der Waals surface area contributed by atoms with Crippen LogP contribution in [0.25, 0.3) is 0 Å². The van der Waals surface area contributed by atoms with E-state index in [0.29, 0.717) is 18.2 Å². The second-order valence-electron chi connectivity index (χ2n) is 4.52. The number of carboxylic acid groups (broad SMARTS) is 1. The number of hydrogen-bond donors (Lipinski definition) is 1. The first kappa shape index (κ1) is 14.5. The van der Waals surface area contributed by atoms with Crippen LogP contribution in [-0.4, -0.2) is 24.2 Å². The second kappa shape index (κ2) is 6.38. The molecule has 1 atom stereocenters. The Morgan fingerprint density at radius 2 is 2.11 bits per heavy atom. The molecular formula is C14H20FNO2. The summed E-state index contributed by atoms with van der Waals surface area (Å²) in [6, 6.07) is 3.93. The summed E-state index contributed by atoms with van der Waals surface area (Å²) >= 11 is 0. The molecule has 0 saturated heterocycles. The van der Waals surface area contributed by atoms with Crippen molar-refractivity contribution >= 4 is 11.7 Å². The quantitative estimate of drug-likeness (QED) is 0.844. The Balaban J connectivity index is 3.08. The number of anilines is 1. The zero-order chi connectivity index (χ0) is 13.7. The highest BCUT2D eigenvalue weighted by molar-refractivity contribution is 5.94.